The number of nitrogens with zero attached hydrogens (tertiary/aromatic N) is 1. The molecule has 6 nitrogen and oxygen atoms in total. The van der Waals surface area contributed by atoms with Crippen molar-refractivity contribution in [2.24, 2.45) is 0 Å². The van der Waals surface area contributed by atoms with Gasteiger partial charge in [-0.05, 0) is 19.4 Å². The Morgan fingerprint density at radius 2 is 2.05 bits per heavy atom. The molecule has 0 radical (unpaired) electrons. The lowest BCUT2D eigenvalue weighted by molar-refractivity contribution is -0.120. The van der Waals surface area contributed by atoms with Gasteiger partial charge < -0.3 is 16.0 Å². The molecule has 1 aromatic heterocycles. The van der Waals surface area contributed by atoms with Crippen molar-refractivity contribution in [1.29, 1.82) is 0 Å². The summed E-state index contributed by atoms with van der Waals surface area (Å²) < 4.78 is 14.0. The number of aromatic nitrogens is 1. The van der Waals surface area contributed by atoms with Gasteiger partial charge in [-0.25, -0.2) is 9.37 Å². The van der Waals surface area contributed by atoms with Crippen LogP contribution in [0.2, 0.25) is 0 Å². The standard InChI is InChI=1S/C13H19FN4O2/c1-3-6-16-10(19)8-18-13(20)9-5-7-17-12(11(9)14)15-4-2/h5,7H,3-4,6,8H2,1-2H3,(H,15,17)(H,16,19)(H,18,20). The molecule has 110 valence electrons. The molecule has 0 saturated heterocycles. The largest absolute Gasteiger partial charge is 0.368 e. The summed E-state index contributed by atoms with van der Waals surface area (Å²) in [6.45, 7) is 4.58. The predicted octanol–water partition coefficient (Wildman–Crippen LogP) is 0.908. The molecule has 0 saturated carbocycles. The number of halogens is 1. The van der Waals surface area contributed by atoms with Crippen LogP contribution in [0.1, 0.15) is 30.6 Å². The Morgan fingerprint density at radius 3 is 2.70 bits per heavy atom. The monoisotopic (exact) mass is 282 g/mol. The molecule has 0 unspecified atom stereocenters. The van der Waals surface area contributed by atoms with Crippen molar-refractivity contribution in [3.05, 3.63) is 23.6 Å². The van der Waals surface area contributed by atoms with Crippen molar-refractivity contribution in [3.8, 4) is 0 Å². The first-order valence-electron chi connectivity index (χ1n) is 6.53. The van der Waals surface area contributed by atoms with Gasteiger partial charge in [0, 0.05) is 19.3 Å². The predicted molar refractivity (Wildman–Crippen MR) is 74.0 cm³/mol. The van der Waals surface area contributed by atoms with Crippen LogP contribution < -0.4 is 16.0 Å². The fourth-order valence-electron chi connectivity index (χ4n) is 1.49. The summed E-state index contributed by atoms with van der Waals surface area (Å²) >= 11 is 0. The van der Waals surface area contributed by atoms with E-state index < -0.39 is 11.7 Å². The lowest BCUT2D eigenvalue weighted by Crippen LogP contribution is -2.37. The smallest absolute Gasteiger partial charge is 0.254 e. The summed E-state index contributed by atoms with van der Waals surface area (Å²) in [5.74, 6) is -1.64. The Balaban J connectivity index is 2.64. The SMILES string of the molecule is CCCNC(=O)CNC(=O)c1ccnc(NCC)c1F. The van der Waals surface area contributed by atoms with Gasteiger partial charge in [-0.2, -0.15) is 0 Å². The van der Waals surface area contributed by atoms with Gasteiger partial charge in [-0.15, -0.1) is 0 Å². The number of nitrogens with one attached hydrogen (secondary N) is 3. The minimum Gasteiger partial charge on any atom is -0.368 e. The highest BCUT2D eigenvalue weighted by molar-refractivity contribution is 5.97. The molecule has 0 aliphatic carbocycles. The zero-order valence-electron chi connectivity index (χ0n) is 11.6. The Labute approximate surface area is 117 Å². The summed E-state index contributed by atoms with van der Waals surface area (Å²) in [7, 11) is 0. The fourth-order valence-corrected chi connectivity index (χ4v) is 1.49. The Kier molecular flexibility index (Phi) is 6.42. The maximum atomic E-state index is 14.0. The van der Waals surface area contributed by atoms with Crippen molar-refractivity contribution in [3.63, 3.8) is 0 Å². The third-order valence-electron chi connectivity index (χ3n) is 2.46. The number of pyridine rings is 1. The molecule has 3 N–H and O–H groups in total. The van der Waals surface area contributed by atoms with E-state index in [0.29, 0.717) is 13.1 Å². The number of carbonyl (C=O) groups is 2. The first kappa shape index (κ1) is 15.9. The van der Waals surface area contributed by atoms with Crippen LogP contribution in [0.3, 0.4) is 0 Å². The summed E-state index contributed by atoms with van der Waals surface area (Å²) in [5.41, 5.74) is -0.140. The molecule has 0 spiro atoms. The number of amides is 2. The number of anilines is 1. The number of hydrogen-bond acceptors (Lipinski definition) is 4. The lowest BCUT2D eigenvalue weighted by atomic mass is 10.2. The van der Waals surface area contributed by atoms with Crippen LogP contribution in [-0.2, 0) is 4.79 Å². The molecule has 0 bridgehead atoms. The molecule has 1 rings (SSSR count). The fraction of sp³-hybridized carbons (Fsp3) is 0.462. The molecular formula is C13H19FN4O2. The Morgan fingerprint density at radius 1 is 1.30 bits per heavy atom. The van der Waals surface area contributed by atoms with Crippen LogP contribution in [0, 0.1) is 5.82 Å². The van der Waals surface area contributed by atoms with Gasteiger partial charge in [0.1, 0.15) is 0 Å². The molecule has 2 amide bonds. The molecule has 0 aliphatic heterocycles. The zero-order chi connectivity index (χ0) is 15.0. The van der Waals surface area contributed by atoms with Gasteiger partial charge in [0.25, 0.3) is 5.91 Å². The van der Waals surface area contributed by atoms with E-state index in [1.54, 1.807) is 6.92 Å². The number of hydrogen-bond donors (Lipinski definition) is 3. The lowest BCUT2D eigenvalue weighted by Gasteiger charge is -2.09. The van der Waals surface area contributed by atoms with Crippen molar-refractivity contribution < 1.29 is 14.0 Å². The topological polar surface area (TPSA) is 83.1 Å². The zero-order valence-corrected chi connectivity index (χ0v) is 11.6. The van der Waals surface area contributed by atoms with E-state index in [1.165, 1.54) is 12.3 Å². The van der Waals surface area contributed by atoms with Gasteiger partial charge in [-0.1, -0.05) is 6.92 Å². The van der Waals surface area contributed by atoms with Crippen LogP contribution in [-0.4, -0.2) is 36.4 Å². The molecule has 1 heterocycles. The molecule has 0 fully saturated rings. The summed E-state index contributed by atoms with van der Waals surface area (Å²) in [4.78, 5) is 27.0. The molecular weight excluding hydrogens is 263 g/mol. The molecule has 7 heteroatoms. The van der Waals surface area contributed by atoms with E-state index >= 15 is 0 Å². The average molecular weight is 282 g/mol. The minimum absolute atomic E-state index is 0.0237. The third-order valence-corrected chi connectivity index (χ3v) is 2.46. The van der Waals surface area contributed by atoms with Crippen molar-refractivity contribution in [2.75, 3.05) is 25.0 Å². The minimum atomic E-state index is -0.721. The van der Waals surface area contributed by atoms with Crippen LogP contribution in [0.4, 0.5) is 10.2 Å². The second-order valence-corrected chi connectivity index (χ2v) is 4.08. The molecule has 0 atom stereocenters. The first-order chi connectivity index (χ1) is 9.60. The van der Waals surface area contributed by atoms with E-state index in [2.05, 4.69) is 20.9 Å². The van der Waals surface area contributed by atoms with Gasteiger partial charge in [0.05, 0.1) is 12.1 Å². The normalized spacial score (nSPS) is 9.95. The third kappa shape index (κ3) is 4.49. The van der Waals surface area contributed by atoms with Crippen molar-refractivity contribution in [2.45, 2.75) is 20.3 Å². The first-order valence-corrected chi connectivity index (χ1v) is 6.53. The van der Waals surface area contributed by atoms with E-state index in [-0.39, 0.29) is 23.8 Å². The van der Waals surface area contributed by atoms with Crippen molar-refractivity contribution in [1.82, 2.24) is 15.6 Å². The van der Waals surface area contributed by atoms with Gasteiger partial charge >= 0.3 is 0 Å². The second-order valence-electron chi connectivity index (χ2n) is 4.08. The van der Waals surface area contributed by atoms with Crippen LogP contribution in [0.25, 0.3) is 0 Å². The van der Waals surface area contributed by atoms with Gasteiger partial charge in [-0.3, -0.25) is 9.59 Å². The van der Waals surface area contributed by atoms with Gasteiger partial charge in [0.15, 0.2) is 11.6 Å². The Hall–Kier alpha value is -2.18. The second kappa shape index (κ2) is 8.08. The Bertz CT molecular complexity index is 479. The summed E-state index contributed by atoms with van der Waals surface area (Å²) in [5, 5.41) is 7.70. The van der Waals surface area contributed by atoms with Crippen LogP contribution in [0.5, 0.6) is 0 Å². The van der Waals surface area contributed by atoms with E-state index in [4.69, 9.17) is 0 Å². The van der Waals surface area contributed by atoms with E-state index in [9.17, 15) is 14.0 Å². The maximum Gasteiger partial charge on any atom is 0.254 e. The molecule has 0 aliphatic rings. The highest BCUT2D eigenvalue weighted by Crippen LogP contribution is 2.14. The molecule has 1 aromatic rings. The summed E-state index contributed by atoms with van der Waals surface area (Å²) in [6.07, 6.45) is 2.15. The highest BCUT2D eigenvalue weighted by Gasteiger charge is 2.16. The quantitative estimate of drug-likeness (QED) is 0.694. The van der Waals surface area contributed by atoms with Crippen LogP contribution in [0.15, 0.2) is 12.3 Å². The van der Waals surface area contributed by atoms with Crippen molar-refractivity contribution >= 4 is 17.6 Å². The average Bonchev–Trinajstić information content (AvgIpc) is 2.45. The van der Waals surface area contributed by atoms with E-state index in [1.807, 2.05) is 6.92 Å². The van der Waals surface area contributed by atoms with E-state index in [0.717, 1.165) is 6.42 Å². The number of rotatable bonds is 7. The van der Waals surface area contributed by atoms with Gasteiger partial charge in [0.2, 0.25) is 5.91 Å². The molecule has 20 heavy (non-hydrogen) atoms. The summed E-state index contributed by atoms with van der Waals surface area (Å²) in [6, 6.07) is 1.27. The molecule has 0 aromatic carbocycles. The maximum absolute atomic E-state index is 14.0. The highest BCUT2D eigenvalue weighted by atomic mass is 19.1. The number of carbonyl (C=O) groups excluding carboxylic acids is 2. The van der Waals surface area contributed by atoms with Crippen LogP contribution >= 0.6 is 0 Å².